The normalized spacial score (nSPS) is 35.6. The second-order valence-corrected chi connectivity index (χ2v) is 8.56. The number of benzene rings is 1. The van der Waals surface area contributed by atoms with Crippen molar-refractivity contribution in [3.8, 4) is 0 Å². The van der Waals surface area contributed by atoms with Crippen LogP contribution in [0.25, 0.3) is 0 Å². The molecular formula is C20H22ClN3O3. The molecule has 7 heteroatoms. The third-order valence-corrected chi connectivity index (χ3v) is 7.26. The molecule has 1 aromatic carbocycles. The third kappa shape index (κ3) is 1.88. The maximum Gasteiger partial charge on any atom is 0.250 e. The van der Waals surface area contributed by atoms with Crippen molar-refractivity contribution in [2.45, 2.75) is 50.7 Å². The summed E-state index contributed by atoms with van der Waals surface area (Å²) in [7, 11) is 0. The molecule has 1 aromatic rings. The van der Waals surface area contributed by atoms with E-state index in [1.54, 1.807) is 18.2 Å². The first kappa shape index (κ1) is 17.2. The number of fused-ring (bicyclic) bond motifs is 7. The lowest BCUT2D eigenvalue weighted by molar-refractivity contribution is -0.147. The molecule has 5 atom stereocenters. The van der Waals surface area contributed by atoms with Crippen molar-refractivity contribution in [2.75, 3.05) is 11.9 Å². The summed E-state index contributed by atoms with van der Waals surface area (Å²) in [5, 5.41) is 3.48. The fraction of sp³-hybridized carbons (Fsp3) is 0.550. The van der Waals surface area contributed by atoms with Gasteiger partial charge < -0.3 is 5.32 Å². The Morgan fingerprint density at radius 1 is 1.30 bits per heavy atom. The smallest absolute Gasteiger partial charge is 0.250 e. The summed E-state index contributed by atoms with van der Waals surface area (Å²) in [5.74, 6) is -1.66. The minimum Gasteiger partial charge on any atom is -0.324 e. The standard InChI is InChI=1S/C20H22ClN3O3/c1-3-10(2)24-17(25)15-14-5-4-8-23(14)20(16(15)18(24)26)12-9-11(21)6-7-13(12)22-19(20)27/h6-7,9-10,14-16H,3-5,8H2,1-2H3,(H,22,27). The molecule has 27 heavy (non-hydrogen) atoms. The zero-order valence-corrected chi connectivity index (χ0v) is 16.1. The molecular weight excluding hydrogens is 366 g/mol. The number of anilines is 1. The van der Waals surface area contributed by atoms with Crippen LogP contribution in [0.3, 0.4) is 0 Å². The fourth-order valence-corrected chi connectivity index (χ4v) is 5.99. The Labute approximate surface area is 162 Å². The van der Waals surface area contributed by atoms with Gasteiger partial charge in [-0.15, -0.1) is 0 Å². The topological polar surface area (TPSA) is 69.7 Å². The van der Waals surface area contributed by atoms with Gasteiger partial charge in [0.2, 0.25) is 17.7 Å². The monoisotopic (exact) mass is 387 g/mol. The van der Waals surface area contributed by atoms with Gasteiger partial charge in [-0.05, 0) is 50.9 Å². The van der Waals surface area contributed by atoms with Crippen molar-refractivity contribution in [3.63, 3.8) is 0 Å². The second-order valence-electron chi connectivity index (χ2n) is 8.12. The zero-order valence-electron chi connectivity index (χ0n) is 15.4. The molecule has 1 N–H and O–H groups in total. The van der Waals surface area contributed by atoms with E-state index in [0.29, 0.717) is 23.7 Å². The molecule has 0 saturated carbocycles. The number of halogens is 1. The summed E-state index contributed by atoms with van der Waals surface area (Å²) in [5.41, 5.74) is 0.311. The van der Waals surface area contributed by atoms with E-state index in [1.807, 2.05) is 13.8 Å². The number of carbonyl (C=O) groups excluding carboxylic acids is 3. The van der Waals surface area contributed by atoms with E-state index in [9.17, 15) is 14.4 Å². The summed E-state index contributed by atoms with van der Waals surface area (Å²) < 4.78 is 0. The molecule has 6 nitrogen and oxygen atoms in total. The average molecular weight is 388 g/mol. The number of hydrogen-bond acceptors (Lipinski definition) is 4. The minimum atomic E-state index is -1.12. The number of nitrogens with one attached hydrogen (secondary N) is 1. The molecule has 0 bridgehead atoms. The average Bonchev–Trinajstić information content (AvgIpc) is 3.33. The molecule has 3 saturated heterocycles. The highest BCUT2D eigenvalue weighted by Gasteiger charge is 2.74. The first-order chi connectivity index (χ1) is 12.9. The van der Waals surface area contributed by atoms with Gasteiger partial charge in [-0.2, -0.15) is 0 Å². The SMILES string of the molecule is CCC(C)N1C(=O)C2C3CCCN3C3(C(=O)Nc4ccc(Cl)cc43)C2C1=O. The van der Waals surface area contributed by atoms with Gasteiger partial charge >= 0.3 is 0 Å². The van der Waals surface area contributed by atoms with Crippen molar-refractivity contribution in [3.05, 3.63) is 28.8 Å². The van der Waals surface area contributed by atoms with Crippen LogP contribution in [0, 0.1) is 11.8 Å². The van der Waals surface area contributed by atoms with Gasteiger partial charge in [0.25, 0.3) is 0 Å². The molecule has 0 aromatic heterocycles. The lowest BCUT2D eigenvalue weighted by Crippen LogP contribution is -2.54. The number of rotatable bonds is 2. The van der Waals surface area contributed by atoms with Crippen LogP contribution in [0.5, 0.6) is 0 Å². The van der Waals surface area contributed by atoms with Gasteiger partial charge in [-0.3, -0.25) is 24.2 Å². The van der Waals surface area contributed by atoms with Crippen LogP contribution in [0.2, 0.25) is 5.02 Å². The molecule has 3 amide bonds. The van der Waals surface area contributed by atoms with E-state index in [4.69, 9.17) is 11.6 Å². The first-order valence-corrected chi connectivity index (χ1v) is 10.1. The largest absolute Gasteiger partial charge is 0.324 e. The van der Waals surface area contributed by atoms with E-state index >= 15 is 0 Å². The maximum absolute atomic E-state index is 13.5. The maximum atomic E-state index is 13.5. The van der Waals surface area contributed by atoms with Gasteiger partial charge in [-0.1, -0.05) is 18.5 Å². The Morgan fingerprint density at radius 3 is 2.81 bits per heavy atom. The Balaban J connectivity index is 1.74. The van der Waals surface area contributed by atoms with Gasteiger partial charge in [0, 0.05) is 28.4 Å². The molecule has 142 valence electrons. The highest BCUT2D eigenvalue weighted by atomic mass is 35.5. The van der Waals surface area contributed by atoms with Crippen LogP contribution >= 0.6 is 11.6 Å². The summed E-state index contributed by atoms with van der Waals surface area (Å²) in [6, 6.07) is 5.08. The minimum absolute atomic E-state index is 0.0730. The molecule has 0 radical (unpaired) electrons. The van der Waals surface area contributed by atoms with Gasteiger partial charge in [0.05, 0.1) is 11.8 Å². The molecule has 3 fully saturated rings. The number of carbonyl (C=O) groups is 3. The molecule has 4 aliphatic rings. The van der Waals surface area contributed by atoms with Crippen LogP contribution in [0.1, 0.15) is 38.7 Å². The fourth-order valence-electron chi connectivity index (χ4n) is 5.81. The Morgan fingerprint density at radius 2 is 2.07 bits per heavy atom. The van der Waals surface area contributed by atoms with E-state index in [-0.39, 0.29) is 29.8 Å². The molecule has 5 rings (SSSR count). The lowest BCUT2D eigenvalue weighted by Gasteiger charge is -2.37. The molecule has 4 aliphatic heterocycles. The molecule has 1 spiro atoms. The van der Waals surface area contributed by atoms with Crippen molar-refractivity contribution < 1.29 is 14.4 Å². The highest BCUT2D eigenvalue weighted by molar-refractivity contribution is 6.31. The second kappa shape index (κ2) is 5.55. The van der Waals surface area contributed by atoms with Crippen LogP contribution in [0.4, 0.5) is 5.69 Å². The van der Waals surface area contributed by atoms with Crippen molar-refractivity contribution in [1.29, 1.82) is 0 Å². The predicted molar refractivity (Wildman–Crippen MR) is 100 cm³/mol. The van der Waals surface area contributed by atoms with Gasteiger partial charge in [0.1, 0.15) is 5.54 Å². The number of hydrogen-bond donors (Lipinski definition) is 1. The van der Waals surface area contributed by atoms with E-state index in [2.05, 4.69) is 10.2 Å². The third-order valence-electron chi connectivity index (χ3n) is 7.02. The summed E-state index contributed by atoms with van der Waals surface area (Å²) in [6.45, 7) is 4.57. The van der Waals surface area contributed by atoms with E-state index < -0.39 is 17.4 Å². The summed E-state index contributed by atoms with van der Waals surface area (Å²) in [4.78, 5) is 43.7. The van der Waals surface area contributed by atoms with Crippen molar-refractivity contribution >= 4 is 35.0 Å². The van der Waals surface area contributed by atoms with E-state index in [1.165, 1.54) is 4.90 Å². The van der Waals surface area contributed by atoms with Gasteiger partial charge in [0.15, 0.2) is 0 Å². The Kier molecular flexibility index (Phi) is 3.53. The Hall–Kier alpha value is -1.92. The molecule has 0 aliphatic carbocycles. The van der Waals surface area contributed by atoms with Gasteiger partial charge in [-0.25, -0.2) is 0 Å². The summed E-state index contributed by atoms with van der Waals surface area (Å²) >= 11 is 6.27. The van der Waals surface area contributed by atoms with Crippen LogP contribution in [0.15, 0.2) is 18.2 Å². The molecule has 4 heterocycles. The van der Waals surface area contributed by atoms with Crippen LogP contribution in [-0.4, -0.2) is 46.1 Å². The highest BCUT2D eigenvalue weighted by Crippen LogP contribution is 2.60. The number of likely N-dealkylation sites (tertiary alicyclic amines) is 1. The zero-order chi connectivity index (χ0) is 19.1. The van der Waals surface area contributed by atoms with Crippen LogP contribution in [-0.2, 0) is 19.9 Å². The number of amides is 3. The van der Waals surface area contributed by atoms with Crippen molar-refractivity contribution in [2.24, 2.45) is 11.8 Å². The Bertz CT molecular complexity index is 887. The summed E-state index contributed by atoms with van der Waals surface area (Å²) in [6.07, 6.45) is 2.45. The first-order valence-electron chi connectivity index (χ1n) is 9.68. The number of nitrogens with zero attached hydrogens (tertiary/aromatic N) is 2. The van der Waals surface area contributed by atoms with E-state index in [0.717, 1.165) is 18.4 Å². The van der Waals surface area contributed by atoms with Crippen molar-refractivity contribution in [1.82, 2.24) is 9.80 Å². The van der Waals surface area contributed by atoms with Crippen LogP contribution < -0.4 is 5.32 Å². The molecule has 5 unspecified atom stereocenters. The lowest BCUT2D eigenvalue weighted by atomic mass is 9.75. The predicted octanol–water partition coefficient (Wildman–Crippen LogP) is 2.37. The number of imide groups is 1. The quantitative estimate of drug-likeness (QED) is 0.791.